The normalized spacial score (nSPS) is 16.8. The Morgan fingerprint density at radius 3 is 2.31 bits per heavy atom. The lowest BCUT2D eigenvalue weighted by Gasteiger charge is -2.44. The summed E-state index contributed by atoms with van der Waals surface area (Å²) in [6, 6.07) is 10.6. The van der Waals surface area contributed by atoms with Crippen molar-refractivity contribution in [1.29, 1.82) is 0 Å². The lowest BCUT2D eigenvalue weighted by atomic mass is 10.1. The summed E-state index contributed by atoms with van der Waals surface area (Å²) in [5.74, 6) is -0.318. The van der Waals surface area contributed by atoms with E-state index in [1.807, 2.05) is 18.2 Å². The lowest BCUT2D eigenvalue weighted by molar-refractivity contribution is 0.0601. The van der Waals surface area contributed by atoms with Crippen LogP contribution in [0.3, 0.4) is 0 Å². The maximum absolute atomic E-state index is 12.1. The van der Waals surface area contributed by atoms with Crippen LogP contribution in [0.1, 0.15) is 71.7 Å². The Morgan fingerprint density at radius 2 is 1.74 bits per heavy atom. The van der Waals surface area contributed by atoms with Gasteiger partial charge in [-0.05, 0) is 72.9 Å². The van der Waals surface area contributed by atoms with Crippen molar-refractivity contribution in [2.45, 2.75) is 84.0 Å². The Morgan fingerprint density at radius 1 is 1.06 bits per heavy atom. The number of ether oxygens (including phenoxy) is 1. The van der Waals surface area contributed by atoms with E-state index in [0.29, 0.717) is 28.2 Å². The van der Waals surface area contributed by atoms with E-state index in [1.165, 1.54) is 25.5 Å². The summed E-state index contributed by atoms with van der Waals surface area (Å²) in [6.07, 6.45) is 7.05. The molecule has 0 N–H and O–H groups in total. The van der Waals surface area contributed by atoms with E-state index in [4.69, 9.17) is 9.72 Å². The average Bonchev–Trinajstić information content (AvgIpc) is 3.46. The van der Waals surface area contributed by atoms with Gasteiger partial charge in [0.05, 0.1) is 29.6 Å². The van der Waals surface area contributed by atoms with Gasteiger partial charge in [0.1, 0.15) is 0 Å². The fourth-order valence-corrected chi connectivity index (χ4v) is 13.3. The molecule has 0 bridgehead atoms. The van der Waals surface area contributed by atoms with Crippen molar-refractivity contribution in [3.05, 3.63) is 48.3 Å². The Bertz CT molecular complexity index is 1190. The van der Waals surface area contributed by atoms with Crippen LogP contribution in [0, 0.1) is 0 Å². The third-order valence-electron chi connectivity index (χ3n) is 8.27. The van der Waals surface area contributed by atoms with Crippen LogP contribution in [0.15, 0.2) is 42.7 Å². The van der Waals surface area contributed by atoms with Gasteiger partial charge in [-0.25, -0.2) is 9.78 Å². The highest BCUT2D eigenvalue weighted by atomic mass is 28.3. The van der Waals surface area contributed by atoms with E-state index >= 15 is 0 Å². The molecule has 0 aliphatic carbocycles. The quantitative estimate of drug-likeness (QED) is 0.253. The molecule has 0 amide bonds. The lowest BCUT2D eigenvalue weighted by Crippen LogP contribution is -2.51. The molecular formula is C29H41N3O2Si. The molecule has 1 aliphatic rings. The van der Waals surface area contributed by atoms with Crippen LogP contribution in [0.5, 0.6) is 0 Å². The van der Waals surface area contributed by atoms with E-state index in [0.717, 1.165) is 28.8 Å². The van der Waals surface area contributed by atoms with E-state index in [2.05, 4.69) is 82.1 Å². The van der Waals surface area contributed by atoms with Crippen LogP contribution in [0.4, 0.5) is 5.69 Å². The fourth-order valence-electron chi connectivity index (χ4n) is 6.80. The summed E-state index contributed by atoms with van der Waals surface area (Å²) in [7, 11) is -0.411. The molecule has 0 unspecified atom stereocenters. The summed E-state index contributed by atoms with van der Waals surface area (Å²) in [6.45, 7) is 17.7. The van der Waals surface area contributed by atoms with Gasteiger partial charge in [0.15, 0.2) is 8.24 Å². The number of hydrogen-bond donors (Lipinski definition) is 0. The van der Waals surface area contributed by atoms with Crippen LogP contribution in [-0.2, 0) is 4.74 Å². The van der Waals surface area contributed by atoms with Crippen molar-refractivity contribution in [3.63, 3.8) is 0 Å². The van der Waals surface area contributed by atoms with E-state index in [9.17, 15) is 4.79 Å². The summed E-state index contributed by atoms with van der Waals surface area (Å²) < 4.78 is 7.54. The summed E-state index contributed by atoms with van der Waals surface area (Å²) in [5.41, 5.74) is 6.71. The molecule has 1 aromatic carbocycles. The second-order valence-corrected chi connectivity index (χ2v) is 16.9. The zero-order valence-electron chi connectivity index (χ0n) is 22.6. The van der Waals surface area contributed by atoms with E-state index in [1.54, 1.807) is 0 Å². The predicted molar refractivity (Wildman–Crippen MR) is 149 cm³/mol. The number of nitrogens with zero attached hydrogens (tertiary/aromatic N) is 3. The summed E-state index contributed by atoms with van der Waals surface area (Å²) in [5, 5.41) is 0.973. The minimum atomic E-state index is -1.83. The molecule has 3 aromatic rings. The molecule has 1 aliphatic heterocycles. The van der Waals surface area contributed by atoms with Crippen molar-refractivity contribution in [2.75, 3.05) is 18.6 Å². The molecule has 3 heterocycles. The number of anilines is 1. The van der Waals surface area contributed by atoms with Gasteiger partial charge in [-0.1, -0.05) is 41.5 Å². The maximum Gasteiger partial charge on any atom is 0.337 e. The predicted octanol–water partition coefficient (Wildman–Crippen LogP) is 7.50. The standard InChI is InChI=1S/C29H41N3O2Si/c1-19(2)35(20(3)4,21(5)6)31-15-13-24(18-31)28-27(32-14-9-10-22(32)7)17-25-16-23(29(33)34-8)11-12-26(25)30-28/h11-13,15-22H,9-10,14H2,1-8H3/t22-/m0/s1. The SMILES string of the molecule is COC(=O)c1ccc2nc(-c3ccn([Si](C(C)C)(C(C)C)C(C)C)c3)c(N3CCC[C@@H]3C)cc2c1. The first-order valence-electron chi connectivity index (χ1n) is 13.1. The molecule has 1 saturated heterocycles. The summed E-state index contributed by atoms with van der Waals surface area (Å²) in [4.78, 5) is 19.8. The topological polar surface area (TPSA) is 47.4 Å². The molecule has 1 fully saturated rings. The molecular weight excluding hydrogens is 450 g/mol. The smallest absolute Gasteiger partial charge is 0.337 e. The zero-order valence-corrected chi connectivity index (χ0v) is 23.6. The molecule has 0 spiro atoms. The van der Waals surface area contributed by atoms with Crippen molar-refractivity contribution in [2.24, 2.45) is 0 Å². The monoisotopic (exact) mass is 491 g/mol. The van der Waals surface area contributed by atoms with Crippen molar-refractivity contribution in [3.8, 4) is 11.3 Å². The average molecular weight is 492 g/mol. The molecule has 6 heteroatoms. The number of fused-ring (bicyclic) bond motifs is 1. The van der Waals surface area contributed by atoms with Gasteiger partial charge in [-0.2, -0.15) is 0 Å². The second kappa shape index (κ2) is 9.80. The van der Waals surface area contributed by atoms with Gasteiger partial charge >= 0.3 is 5.97 Å². The Balaban J connectivity index is 1.90. The Hall–Kier alpha value is -2.60. The minimum Gasteiger partial charge on any atom is -0.465 e. The molecule has 2 aromatic heterocycles. The minimum absolute atomic E-state index is 0.318. The van der Waals surface area contributed by atoms with Gasteiger partial charge in [0.25, 0.3) is 0 Å². The second-order valence-electron chi connectivity index (χ2n) is 11.1. The summed E-state index contributed by atoms with van der Waals surface area (Å²) >= 11 is 0. The first-order chi connectivity index (χ1) is 16.6. The van der Waals surface area contributed by atoms with Crippen LogP contribution < -0.4 is 4.90 Å². The number of esters is 1. The number of benzene rings is 1. The highest BCUT2D eigenvalue weighted by molar-refractivity contribution is 6.82. The third kappa shape index (κ3) is 4.30. The van der Waals surface area contributed by atoms with Crippen LogP contribution >= 0.6 is 0 Å². The number of carbonyl (C=O) groups excluding carboxylic acids is 1. The Labute approximate surface area is 211 Å². The van der Waals surface area contributed by atoms with Gasteiger partial charge in [-0.3, -0.25) is 0 Å². The number of aromatic nitrogens is 2. The largest absolute Gasteiger partial charge is 0.465 e. The number of methoxy groups -OCH3 is 1. The first-order valence-corrected chi connectivity index (χ1v) is 15.3. The molecule has 35 heavy (non-hydrogen) atoms. The Kier molecular flexibility index (Phi) is 7.14. The first kappa shape index (κ1) is 25.5. The third-order valence-corrected chi connectivity index (χ3v) is 15.0. The highest BCUT2D eigenvalue weighted by Crippen LogP contribution is 2.44. The van der Waals surface area contributed by atoms with Gasteiger partial charge in [-0.15, -0.1) is 0 Å². The van der Waals surface area contributed by atoms with E-state index < -0.39 is 8.24 Å². The van der Waals surface area contributed by atoms with Crippen molar-refractivity contribution >= 4 is 30.8 Å². The fraction of sp³-hybridized carbons (Fsp3) is 0.517. The zero-order chi connectivity index (χ0) is 25.5. The molecule has 0 radical (unpaired) electrons. The van der Waals surface area contributed by atoms with Crippen LogP contribution in [-0.4, -0.2) is 43.1 Å². The number of pyridine rings is 1. The van der Waals surface area contributed by atoms with Gasteiger partial charge < -0.3 is 13.9 Å². The molecule has 5 nitrogen and oxygen atoms in total. The highest BCUT2D eigenvalue weighted by Gasteiger charge is 2.45. The molecule has 0 saturated carbocycles. The number of carbonyl (C=O) groups is 1. The molecule has 1 atom stereocenters. The number of hydrogen-bond acceptors (Lipinski definition) is 4. The van der Waals surface area contributed by atoms with Gasteiger partial charge in [0, 0.05) is 29.7 Å². The molecule has 188 valence electrons. The van der Waals surface area contributed by atoms with Gasteiger partial charge in [0.2, 0.25) is 0 Å². The maximum atomic E-state index is 12.1. The van der Waals surface area contributed by atoms with Crippen molar-refractivity contribution in [1.82, 2.24) is 9.22 Å². The van der Waals surface area contributed by atoms with Crippen LogP contribution in [0.25, 0.3) is 22.2 Å². The molecule has 4 rings (SSSR count). The van der Waals surface area contributed by atoms with Crippen LogP contribution in [0.2, 0.25) is 16.6 Å². The van der Waals surface area contributed by atoms with E-state index in [-0.39, 0.29) is 5.97 Å². The number of rotatable bonds is 7. The van der Waals surface area contributed by atoms with Crippen molar-refractivity contribution < 1.29 is 9.53 Å².